The molecule has 0 aliphatic heterocycles. The second-order valence-corrected chi connectivity index (χ2v) is 5.10. The van der Waals surface area contributed by atoms with E-state index in [1.807, 2.05) is 16.8 Å². The van der Waals surface area contributed by atoms with Crippen molar-refractivity contribution in [2.75, 3.05) is 6.54 Å². The first-order valence-corrected chi connectivity index (χ1v) is 6.74. The van der Waals surface area contributed by atoms with Crippen LogP contribution in [0.1, 0.15) is 11.7 Å². The molecule has 0 aliphatic rings. The van der Waals surface area contributed by atoms with Crippen LogP contribution in [0.15, 0.2) is 35.0 Å². The number of hydrogen-bond acceptors (Lipinski definition) is 3. The molecule has 1 aromatic heterocycles. The summed E-state index contributed by atoms with van der Waals surface area (Å²) >= 11 is 13.5. The molecule has 1 heterocycles. The average Bonchev–Trinajstić information content (AvgIpc) is 2.84. The Morgan fingerprint density at radius 2 is 2.12 bits per heavy atom. The van der Waals surface area contributed by atoms with E-state index in [1.165, 1.54) is 0 Å². The second-order valence-electron chi connectivity index (χ2n) is 3.47. The summed E-state index contributed by atoms with van der Waals surface area (Å²) in [5.41, 5.74) is 6.75. The summed E-state index contributed by atoms with van der Waals surface area (Å²) in [5, 5.41) is 5.12. The summed E-state index contributed by atoms with van der Waals surface area (Å²) in [6.45, 7) is 0.388. The van der Waals surface area contributed by atoms with Gasteiger partial charge in [-0.15, -0.1) is 0 Å². The van der Waals surface area contributed by atoms with E-state index < -0.39 is 0 Å². The second kappa shape index (κ2) is 5.74. The van der Waals surface area contributed by atoms with Gasteiger partial charge < -0.3 is 10.5 Å². The normalized spacial score (nSPS) is 12.4. The lowest BCUT2D eigenvalue weighted by Crippen LogP contribution is -2.17. The van der Waals surface area contributed by atoms with Gasteiger partial charge in [-0.3, -0.25) is 0 Å². The van der Waals surface area contributed by atoms with Gasteiger partial charge in [-0.05, 0) is 29.0 Å². The number of ether oxygens (including phenoxy) is 1. The molecule has 1 aromatic carbocycles. The number of thiophene rings is 1. The predicted octanol–water partition coefficient (Wildman–Crippen LogP) is 4.13. The van der Waals surface area contributed by atoms with E-state index in [9.17, 15) is 0 Å². The van der Waals surface area contributed by atoms with Crippen LogP contribution < -0.4 is 10.5 Å². The van der Waals surface area contributed by atoms with Crippen molar-refractivity contribution in [3.63, 3.8) is 0 Å². The van der Waals surface area contributed by atoms with Gasteiger partial charge in [0.1, 0.15) is 11.9 Å². The van der Waals surface area contributed by atoms with Crippen LogP contribution in [0.25, 0.3) is 0 Å². The Kier molecular flexibility index (Phi) is 4.29. The molecule has 0 saturated heterocycles. The maximum atomic E-state index is 6.04. The molecule has 1 atom stereocenters. The third-order valence-corrected chi connectivity index (χ3v) is 3.54. The zero-order valence-electron chi connectivity index (χ0n) is 8.90. The number of rotatable bonds is 4. The van der Waals surface area contributed by atoms with Crippen molar-refractivity contribution in [1.29, 1.82) is 0 Å². The maximum Gasteiger partial charge on any atom is 0.140 e. The molecule has 17 heavy (non-hydrogen) atoms. The lowest BCUT2D eigenvalue weighted by molar-refractivity contribution is 0.215. The van der Waals surface area contributed by atoms with Crippen LogP contribution in [0.4, 0.5) is 0 Å². The largest absolute Gasteiger partial charge is 0.483 e. The molecule has 0 amide bonds. The Morgan fingerprint density at radius 3 is 2.76 bits per heavy atom. The number of nitrogens with two attached hydrogens (primary N) is 1. The maximum absolute atomic E-state index is 6.04. The lowest BCUT2D eigenvalue weighted by Gasteiger charge is -2.17. The zero-order valence-corrected chi connectivity index (χ0v) is 11.2. The van der Waals surface area contributed by atoms with E-state index >= 15 is 0 Å². The van der Waals surface area contributed by atoms with Gasteiger partial charge in [0.05, 0.1) is 5.02 Å². The topological polar surface area (TPSA) is 35.2 Å². The minimum Gasteiger partial charge on any atom is -0.483 e. The van der Waals surface area contributed by atoms with Crippen molar-refractivity contribution in [3.8, 4) is 5.75 Å². The predicted molar refractivity (Wildman–Crippen MR) is 73.2 cm³/mol. The average molecular weight is 288 g/mol. The van der Waals surface area contributed by atoms with Gasteiger partial charge in [-0.2, -0.15) is 11.3 Å². The van der Waals surface area contributed by atoms with Gasteiger partial charge in [-0.1, -0.05) is 23.2 Å². The molecule has 0 aliphatic carbocycles. The molecule has 0 bridgehead atoms. The molecule has 0 saturated carbocycles. The molecular formula is C12H11Cl2NOS. The van der Waals surface area contributed by atoms with Crippen molar-refractivity contribution < 1.29 is 4.74 Å². The van der Waals surface area contributed by atoms with E-state index in [4.69, 9.17) is 33.7 Å². The molecule has 90 valence electrons. The zero-order chi connectivity index (χ0) is 12.3. The Labute approximate surface area is 114 Å². The van der Waals surface area contributed by atoms with Gasteiger partial charge in [0.25, 0.3) is 0 Å². The molecule has 2 rings (SSSR count). The van der Waals surface area contributed by atoms with Gasteiger partial charge in [-0.25, -0.2) is 0 Å². The summed E-state index contributed by atoms with van der Waals surface area (Å²) in [6.07, 6.45) is -0.197. The first-order valence-electron chi connectivity index (χ1n) is 5.04. The molecule has 0 fully saturated rings. The molecule has 2 N–H and O–H groups in total. The Balaban J connectivity index is 2.21. The highest BCUT2D eigenvalue weighted by atomic mass is 35.5. The summed E-state index contributed by atoms with van der Waals surface area (Å²) in [5.74, 6) is 0.556. The minimum absolute atomic E-state index is 0.197. The van der Waals surface area contributed by atoms with Gasteiger partial charge >= 0.3 is 0 Å². The first kappa shape index (κ1) is 12.7. The lowest BCUT2D eigenvalue weighted by atomic mass is 10.2. The first-order chi connectivity index (χ1) is 8.20. The standard InChI is InChI=1S/C12H11Cl2NOS/c13-9-1-2-10(14)11(5-9)16-12(6-15)8-3-4-17-7-8/h1-5,7,12H,6,15H2. The number of hydrogen-bond donors (Lipinski definition) is 1. The minimum atomic E-state index is -0.197. The van der Waals surface area contributed by atoms with E-state index in [-0.39, 0.29) is 6.10 Å². The quantitative estimate of drug-likeness (QED) is 0.918. The third kappa shape index (κ3) is 3.13. The highest BCUT2D eigenvalue weighted by molar-refractivity contribution is 7.07. The van der Waals surface area contributed by atoms with Crippen LogP contribution in [0.5, 0.6) is 5.75 Å². The van der Waals surface area contributed by atoms with Crippen LogP contribution in [0, 0.1) is 0 Å². The summed E-state index contributed by atoms with van der Waals surface area (Å²) in [7, 11) is 0. The van der Waals surface area contributed by atoms with Crippen molar-refractivity contribution in [2.24, 2.45) is 5.73 Å². The highest BCUT2D eigenvalue weighted by Gasteiger charge is 2.14. The van der Waals surface area contributed by atoms with Gasteiger partial charge in [0, 0.05) is 23.2 Å². The van der Waals surface area contributed by atoms with Crippen molar-refractivity contribution in [3.05, 3.63) is 50.6 Å². The van der Waals surface area contributed by atoms with Gasteiger partial charge in [0.15, 0.2) is 0 Å². The molecule has 1 unspecified atom stereocenters. The number of halogens is 2. The fraction of sp³-hybridized carbons (Fsp3) is 0.167. The molecule has 5 heteroatoms. The van der Waals surface area contributed by atoms with E-state index in [1.54, 1.807) is 29.5 Å². The highest BCUT2D eigenvalue weighted by Crippen LogP contribution is 2.31. The summed E-state index contributed by atoms with van der Waals surface area (Å²) in [4.78, 5) is 0. The Morgan fingerprint density at radius 1 is 1.29 bits per heavy atom. The molecule has 0 radical (unpaired) electrons. The van der Waals surface area contributed by atoms with E-state index in [0.29, 0.717) is 22.3 Å². The third-order valence-electron chi connectivity index (χ3n) is 2.29. The fourth-order valence-corrected chi connectivity index (χ4v) is 2.46. The fourth-order valence-electron chi connectivity index (χ4n) is 1.43. The Bertz CT molecular complexity index is 487. The molecular weight excluding hydrogens is 277 g/mol. The SMILES string of the molecule is NCC(Oc1cc(Cl)ccc1Cl)c1ccsc1. The van der Waals surface area contributed by atoms with Crippen LogP contribution in [0.3, 0.4) is 0 Å². The summed E-state index contributed by atoms with van der Waals surface area (Å²) < 4.78 is 5.78. The summed E-state index contributed by atoms with van der Waals surface area (Å²) in [6, 6.07) is 7.11. The monoisotopic (exact) mass is 287 g/mol. The Hall–Kier alpha value is -0.740. The smallest absolute Gasteiger partial charge is 0.140 e. The molecule has 2 aromatic rings. The molecule has 2 nitrogen and oxygen atoms in total. The van der Waals surface area contributed by atoms with Crippen molar-refractivity contribution in [2.45, 2.75) is 6.10 Å². The van der Waals surface area contributed by atoms with E-state index in [0.717, 1.165) is 5.56 Å². The van der Waals surface area contributed by atoms with Crippen LogP contribution in [0.2, 0.25) is 10.0 Å². The van der Waals surface area contributed by atoms with Crippen LogP contribution in [-0.2, 0) is 0 Å². The van der Waals surface area contributed by atoms with Crippen LogP contribution in [-0.4, -0.2) is 6.54 Å². The van der Waals surface area contributed by atoms with Crippen LogP contribution >= 0.6 is 34.5 Å². The van der Waals surface area contributed by atoms with Crippen molar-refractivity contribution >= 4 is 34.5 Å². The van der Waals surface area contributed by atoms with E-state index in [2.05, 4.69) is 0 Å². The number of benzene rings is 1. The van der Waals surface area contributed by atoms with Crippen molar-refractivity contribution in [1.82, 2.24) is 0 Å². The molecule has 0 spiro atoms. The van der Waals surface area contributed by atoms with Gasteiger partial charge in [0.2, 0.25) is 0 Å².